The largest absolute Gasteiger partial charge is 0.468 e. The molecular weight excluding hydrogens is 176 g/mol. The first-order valence-corrected chi connectivity index (χ1v) is 5.33. The lowest BCUT2D eigenvalue weighted by Gasteiger charge is -2.15. The van der Waals surface area contributed by atoms with E-state index >= 15 is 0 Å². The molecule has 0 aromatic heterocycles. The zero-order chi connectivity index (χ0) is 10.4. The molecule has 0 aliphatic heterocycles. The number of methoxy groups -OCH3 is 1. The summed E-state index contributed by atoms with van der Waals surface area (Å²) in [7, 11) is 1.40. The van der Waals surface area contributed by atoms with Crippen molar-refractivity contribution in [3.63, 3.8) is 0 Å². The summed E-state index contributed by atoms with van der Waals surface area (Å²) >= 11 is 0. The van der Waals surface area contributed by atoms with Crippen molar-refractivity contribution in [2.24, 2.45) is 11.8 Å². The number of esters is 1. The average molecular weight is 194 g/mol. The molecule has 2 nitrogen and oxygen atoms in total. The summed E-state index contributed by atoms with van der Waals surface area (Å²) in [5.41, 5.74) is 0. The molecule has 0 aromatic rings. The fraction of sp³-hybridized carbons (Fsp3) is 0.750. The summed E-state index contributed by atoms with van der Waals surface area (Å²) in [4.78, 5) is 11.1. The van der Waals surface area contributed by atoms with E-state index in [0.717, 1.165) is 0 Å². The first-order valence-electron chi connectivity index (χ1n) is 5.33. The summed E-state index contributed by atoms with van der Waals surface area (Å²) in [6.45, 7) is 1.79. The van der Waals surface area contributed by atoms with Crippen LogP contribution in [0.4, 0.5) is 0 Å². The van der Waals surface area contributed by atoms with Gasteiger partial charge in [-0.15, -0.1) is 0 Å². The van der Waals surface area contributed by atoms with Crippen LogP contribution in [-0.2, 0) is 9.53 Å². The predicted molar refractivity (Wildman–Crippen MR) is 55.5 cm³/mol. The third kappa shape index (κ3) is 3.41. The second kappa shape index (κ2) is 5.70. The highest BCUT2D eigenvalue weighted by atomic mass is 16.5. The van der Waals surface area contributed by atoms with Gasteiger partial charge in [0.2, 0.25) is 0 Å². The number of ether oxygens (including phenoxy) is 1. The minimum atomic E-state index is -0.276. The van der Waals surface area contributed by atoms with Crippen molar-refractivity contribution in [3.05, 3.63) is 0 Å². The Morgan fingerprint density at radius 1 is 1.36 bits per heavy atom. The number of carbonyl (C=O) groups is 1. The molecule has 0 saturated heterocycles. The molecule has 0 N–H and O–H groups in total. The highest BCUT2D eigenvalue weighted by Gasteiger charge is 2.12. The van der Waals surface area contributed by atoms with Crippen LogP contribution in [0.1, 0.15) is 39.0 Å². The molecule has 1 aliphatic carbocycles. The molecule has 0 heterocycles. The average Bonchev–Trinajstić information content (AvgIpc) is 2.26. The maximum Gasteiger partial charge on any atom is 0.320 e. The predicted octanol–water partition coefficient (Wildman–Crippen LogP) is 2.38. The highest BCUT2D eigenvalue weighted by molar-refractivity contribution is 5.75. The maximum atomic E-state index is 11.1. The molecule has 1 rings (SSSR count). The molecule has 1 atom stereocenters. The lowest BCUT2D eigenvalue weighted by atomic mass is 9.89. The van der Waals surface area contributed by atoms with Gasteiger partial charge in [-0.2, -0.15) is 0 Å². The minimum Gasteiger partial charge on any atom is -0.468 e. The Balaban J connectivity index is 2.40. The van der Waals surface area contributed by atoms with Gasteiger partial charge in [0.25, 0.3) is 0 Å². The third-order valence-electron chi connectivity index (χ3n) is 2.66. The SMILES string of the molecule is COC(=O)C(C)C#CC1CCCCC1. The van der Waals surface area contributed by atoms with Gasteiger partial charge < -0.3 is 4.74 Å². The monoisotopic (exact) mass is 194 g/mol. The van der Waals surface area contributed by atoms with Gasteiger partial charge >= 0.3 is 5.97 Å². The van der Waals surface area contributed by atoms with Gasteiger partial charge in [-0.3, -0.25) is 4.79 Å². The third-order valence-corrected chi connectivity index (χ3v) is 2.66. The molecule has 0 amide bonds. The summed E-state index contributed by atoms with van der Waals surface area (Å²) in [6, 6.07) is 0. The van der Waals surface area contributed by atoms with E-state index in [0.29, 0.717) is 5.92 Å². The fourth-order valence-electron chi connectivity index (χ4n) is 1.73. The molecule has 1 fully saturated rings. The zero-order valence-electron chi connectivity index (χ0n) is 9.01. The molecule has 0 bridgehead atoms. The maximum absolute atomic E-state index is 11.1. The van der Waals surface area contributed by atoms with Crippen molar-refractivity contribution in [2.45, 2.75) is 39.0 Å². The van der Waals surface area contributed by atoms with Gasteiger partial charge in [0.1, 0.15) is 5.92 Å². The van der Waals surface area contributed by atoms with Gasteiger partial charge in [-0.25, -0.2) is 0 Å². The Labute approximate surface area is 86.0 Å². The lowest BCUT2D eigenvalue weighted by Crippen LogP contribution is -2.11. The molecule has 1 saturated carbocycles. The molecule has 0 aromatic carbocycles. The first kappa shape index (κ1) is 11.1. The van der Waals surface area contributed by atoms with Gasteiger partial charge in [-0.1, -0.05) is 31.1 Å². The molecule has 1 unspecified atom stereocenters. The van der Waals surface area contributed by atoms with Crippen molar-refractivity contribution < 1.29 is 9.53 Å². The van der Waals surface area contributed by atoms with E-state index in [2.05, 4.69) is 16.6 Å². The second-order valence-electron chi connectivity index (χ2n) is 3.87. The Morgan fingerprint density at radius 2 is 2.00 bits per heavy atom. The second-order valence-corrected chi connectivity index (χ2v) is 3.87. The van der Waals surface area contributed by atoms with Crippen LogP contribution in [0.5, 0.6) is 0 Å². The van der Waals surface area contributed by atoms with E-state index in [1.165, 1.54) is 39.2 Å². The summed E-state index contributed by atoms with van der Waals surface area (Å²) in [5.74, 6) is 6.17. The molecule has 0 radical (unpaired) electrons. The van der Waals surface area contributed by atoms with E-state index in [-0.39, 0.29) is 11.9 Å². The Morgan fingerprint density at radius 3 is 2.57 bits per heavy atom. The molecule has 2 heteroatoms. The van der Waals surface area contributed by atoms with Gasteiger partial charge in [0, 0.05) is 5.92 Å². The Bertz CT molecular complexity index is 241. The van der Waals surface area contributed by atoms with Crippen LogP contribution in [0.2, 0.25) is 0 Å². The molecule has 1 aliphatic rings. The van der Waals surface area contributed by atoms with Crippen molar-refractivity contribution in [1.29, 1.82) is 0 Å². The lowest BCUT2D eigenvalue weighted by molar-refractivity contribution is -0.142. The number of carbonyl (C=O) groups excluding carboxylic acids is 1. The van der Waals surface area contributed by atoms with Crippen LogP contribution in [-0.4, -0.2) is 13.1 Å². The summed E-state index contributed by atoms with van der Waals surface area (Å²) in [6.07, 6.45) is 6.30. The quantitative estimate of drug-likeness (QED) is 0.473. The topological polar surface area (TPSA) is 26.3 Å². The highest BCUT2D eigenvalue weighted by Crippen LogP contribution is 2.22. The standard InChI is InChI=1S/C12H18O2/c1-10(12(13)14-2)8-9-11-6-4-3-5-7-11/h10-11H,3-7H2,1-2H3. The summed E-state index contributed by atoms with van der Waals surface area (Å²) < 4.78 is 4.61. The van der Waals surface area contributed by atoms with E-state index < -0.39 is 0 Å². The van der Waals surface area contributed by atoms with Crippen LogP contribution < -0.4 is 0 Å². The van der Waals surface area contributed by atoms with Crippen LogP contribution >= 0.6 is 0 Å². The smallest absolute Gasteiger partial charge is 0.320 e. The number of hydrogen-bond donors (Lipinski definition) is 0. The van der Waals surface area contributed by atoms with Crippen LogP contribution in [0.3, 0.4) is 0 Å². The molecule has 78 valence electrons. The van der Waals surface area contributed by atoms with Crippen molar-refractivity contribution >= 4 is 5.97 Å². The zero-order valence-corrected chi connectivity index (χ0v) is 9.01. The van der Waals surface area contributed by atoms with Gasteiger partial charge in [0.05, 0.1) is 7.11 Å². The van der Waals surface area contributed by atoms with E-state index in [1.807, 2.05) is 0 Å². The van der Waals surface area contributed by atoms with Crippen LogP contribution in [0.25, 0.3) is 0 Å². The van der Waals surface area contributed by atoms with Crippen molar-refractivity contribution in [3.8, 4) is 11.8 Å². The van der Waals surface area contributed by atoms with Crippen LogP contribution in [0, 0.1) is 23.7 Å². The van der Waals surface area contributed by atoms with Gasteiger partial charge in [-0.05, 0) is 19.8 Å². The molecular formula is C12H18O2. The molecule has 14 heavy (non-hydrogen) atoms. The number of rotatable bonds is 1. The van der Waals surface area contributed by atoms with Crippen molar-refractivity contribution in [1.82, 2.24) is 0 Å². The Kier molecular flexibility index (Phi) is 4.52. The fourth-order valence-corrected chi connectivity index (χ4v) is 1.73. The molecule has 0 spiro atoms. The van der Waals surface area contributed by atoms with E-state index in [4.69, 9.17) is 0 Å². The normalized spacial score (nSPS) is 19.3. The van der Waals surface area contributed by atoms with E-state index in [9.17, 15) is 4.79 Å². The Hall–Kier alpha value is -0.970. The first-order chi connectivity index (χ1) is 6.74. The summed E-state index contributed by atoms with van der Waals surface area (Å²) in [5, 5.41) is 0. The minimum absolute atomic E-state index is 0.228. The van der Waals surface area contributed by atoms with Crippen molar-refractivity contribution in [2.75, 3.05) is 7.11 Å². The number of hydrogen-bond acceptors (Lipinski definition) is 2. The van der Waals surface area contributed by atoms with Crippen LogP contribution in [0.15, 0.2) is 0 Å². The van der Waals surface area contributed by atoms with Gasteiger partial charge in [0.15, 0.2) is 0 Å². The van der Waals surface area contributed by atoms with E-state index in [1.54, 1.807) is 6.92 Å².